The summed E-state index contributed by atoms with van der Waals surface area (Å²) < 4.78 is 5.14. The van der Waals surface area contributed by atoms with Crippen molar-refractivity contribution in [3.63, 3.8) is 0 Å². The Balaban J connectivity index is 1.89. The summed E-state index contributed by atoms with van der Waals surface area (Å²) in [6, 6.07) is 37.8. The minimum absolute atomic E-state index is 0.321. The van der Waals surface area contributed by atoms with Gasteiger partial charge in [0.1, 0.15) is 23.2 Å². The van der Waals surface area contributed by atoms with Crippen LogP contribution in [0.15, 0.2) is 109 Å². The van der Waals surface area contributed by atoms with Crippen LogP contribution in [-0.4, -0.2) is 12.6 Å². The SMILES string of the molecule is CCOC(=O)c1ccc(C[P+](c2ccccc2)(c2ccccc2)c2ccccc2)cc1Cl. The van der Waals surface area contributed by atoms with Crippen LogP contribution in [0.1, 0.15) is 22.8 Å². The van der Waals surface area contributed by atoms with E-state index in [1.165, 1.54) is 15.9 Å². The second kappa shape index (κ2) is 10.1. The van der Waals surface area contributed by atoms with Crippen molar-refractivity contribution in [1.29, 1.82) is 0 Å². The van der Waals surface area contributed by atoms with Crippen LogP contribution in [0, 0.1) is 0 Å². The lowest BCUT2D eigenvalue weighted by atomic mass is 10.1. The maximum absolute atomic E-state index is 12.2. The van der Waals surface area contributed by atoms with Gasteiger partial charge in [0.05, 0.1) is 23.4 Å². The van der Waals surface area contributed by atoms with E-state index in [0.717, 1.165) is 11.7 Å². The second-order valence-corrected chi connectivity index (χ2v) is 11.4. The first-order chi connectivity index (χ1) is 15.6. The standard InChI is InChI=1S/C28H25ClO2P/c1-2-31-28(30)26-19-18-22(20-27(26)29)21-32(23-12-6-3-7-13-23,24-14-8-4-9-15-24)25-16-10-5-11-17-25/h3-20H,2,21H2,1H3/q+1. The molecule has 0 aromatic heterocycles. The van der Waals surface area contributed by atoms with E-state index < -0.39 is 7.26 Å². The molecule has 0 saturated heterocycles. The fourth-order valence-electron chi connectivity index (χ4n) is 4.07. The molecule has 0 N–H and O–H groups in total. The maximum Gasteiger partial charge on any atom is 0.339 e. The van der Waals surface area contributed by atoms with Gasteiger partial charge in [-0.2, -0.15) is 0 Å². The maximum atomic E-state index is 12.2. The molecule has 4 aromatic rings. The molecule has 4 heteroatoms. The van der Waals surface area contributed by atoms with E-state index in [1.807, 2.05) is 12.1 Å². The normalized spacial score (nSPS) is 11.2. The summed E-state index contributed by atoms with van der Waals surface area (Å²) in [6.45, 7) is 2.11. The van der Waals surface area contributed by atoms with Crippen molar-refractivity contribution in [2.24, 2.45) is 0 Å². The quantitative estimate of drug-likeness (QED) is 0.250. The monoisotopic (exact) mass is 459 g/mol. The highest BCUT2D eigenvalue weighted by molar-refractivity contribution is 7.95. The predicted molar refractivity (Wildman–Crippen MR) is 136 cm³/mol. The molecule has 160 valence electrons. The summed E-state index contributed by atoms with van der Waals surface area (Å²) in [5.41, 5.74) is 1.49. The molecule has 0 spiro atoms. The molecule has 0 atom stereocenters. The minimum atomic E-state index is -2.02. The molecule has 0 aliphatic carbocycles. The number of benzene rings is 4. The van der Waals surface area contributed by atoms with Crippen molar-refractivity contribution in [1.82, 2.24) is 0 Å². The average Bonchev–Trinajstić information content (AvgIpc) is 2.84. The third kappa shape index (κ3) is 4.48. The van der Waals surface area contributed by atoms with E-state index in [-0.39, 0.29) is 5.97 Å². The van der Waals surface area contributed by atoms with Gasteiger partial charge in [-0.25, -0.2) is 4.79 Å². The van der Waals surface area contributed by atoms with Crippen LogP contribution in [0.25, 0.3) is 0 Å². The lowest BCUT2D eigenvalue weighted by Gasteiger charge is -2.28. The Bertz CT molecular complexity index is 1080. The number of ether oxygens (including phenoxy) is 1. The van der Waals surface area contributed by atoms with Gasteiger partial charge < -0.3 is 4.74 Å². The van der Waals surface area contributed by atoms with Gasteiger partial charge in [-0.05, 0) is 61.0 Å². The van der Waals surface area contributed by atoms with Gasteiger partial charge >= 0.3 is 5.97 Å². The molecule has 0 aliphatic rings. The summed E-state index contributed by atoms with van der Waals surface area (Å²) in [7, 11) is -2.02. The number of esters is 1. The molecule has 0 fully saturated rings. The van der Waals surface area contributed by atoms with Gasteiger partial charge in [-0.1, -0.05) is 72.3 Å². The van der Waals surface area contributed by atoms with Gasteiger partial charge in [0.2, 0.25) is 0 Å². The fraction of sp³-hybridized carbons (Fsp3) is 0.107. The molecule has 2 nitrogen and oxygen atoms in total. The molecule has 4 rings (SSSR count). The Labute approximate surface area is 195 Å². The van der Waals surface area contributed by atoms with E-state index in [0.29, 0.717) is 17.2 Å². The summed E-state index contributed by atoms with van der Waals surface area (Å²) in [4.78, 5) is 12.2. The van der Waals surface area contributed by atoms with E-state index >= 15 is 0 Å². The summed E-state index contributed by atoms with van der Waals surface area (Å²) in [5.74, 6) is -0.390. The zero-order valence-corrected chi connectivity index (χ0v) is 19.6. The van der Waals surface area contributed by atoms with Crippen LogP contribution in [0.2, 0.25) is 5.02 Å². The number of carbonyl (C=O) groups is 1. The number of hydrogen-bond acceptors (Lipinski definition) is 2. The molecule has 0 heterocycles. The van der Waals surface area contributed by atoms with Gasteiger partial charge in [0.25, 0.3) is 0 Å². The summed E-state index contributed by atoms with van der Waals surface area (Å²) >= 11 is 6.54. The lowest BCUT2D eigenvalue weighted by Crippen LogP contribution is -2.32. The smallest absolute Gasteiger partial charge is 0.339 e. The van der Waals surface area contributed by atoms with Crippen LogP contribution >= 0.6 is 18.9 Å². The van der Waals surface area contributed by atoms with Crippen molar-refractivity contribution >= 4 is 40.7 Å². The van der Waals surface area contributed by atoms with E-state index in [9.17, 15) is 4.79 Å². The van der Waals surface area contributed by atoms with Crippen molar-refractivity contribution in [3.05, 3.63) is 125 Å². The van der Waals surface area contributed by atoms with Crippen molar-refractivity contribution in [2.45, 2.75) is 13.1 Å². The largest absolute Gasteiger partial charge is 0.462 e. The third-order valence-electron chi connectivity index (χ3n) is 5.54. The second-order valence-electron chi connectivity index (χ2n) is 7.51. The molecule has 0 unspecified atom stereocenters. The Morgan fingerprint density at radius 1 is 0.750 bits per heavy atom. The highest BCUT2D eigenvalue weighted by Crippen LogP contribution is 2.58. The van der Waals surface area contributed by atoms with Crippen LogP contribution in [-0.2, 0) is 10.9 Å². The van der Waals surface area contributed by atoms with Gasteiger partial charge in [-0.3, -0.25) is 0 Å². The van der Waals surface area contributed by atoms with Crippen LogP contribution < -0.4 is 15.9 Å². The third-order valence-corrected chi connectivity index (χ3v) is 10.2. The Morgan fingerprint density at radius 3 is 1.62 bits per heavy atom. The first-order valence-electron chi connectivity index (χ1n) is 10.7. The lowest BCUT2D eigenvalue weighted by molar-refractivity contribution is 0.0526. The first-order valence-corrected chi connectivity index (χ1v) is 13.0. The van der Waals surface area contributed by atoms with E-state index in [2.05, 4.69) is 91.0 Å². The summed E-state index contributed by atoms with van der Waals surface area (Å²) in [6.07, 6.45) is 0.799. The topological polar surface area (TPSA) is 26.3 Å². The van der Waals surface area contributed by atoms with E-state index in [1.54, 1.807) is 13.0 Å². The number of halogens is 1. The zero-order chi connectivity index (χ0) is 22.4. The average molecular weight is 460 g/mol. The minimum Gasteiger partial charge on any atom is -0.462 e. The van der Waals surface area contributed by atoms with Crippen LogP contribution in [0.4, 0.5) is 0 Å². The molecule has 0 amide bonds. The number of hydrogen-bond donors (Lipinski definition) is 0. The number of carbonyl (C=O) groups excluding carboxylic acids is 1. The van der Waals surface area contributed by atoms with E-state index in [4.69, 9.17) is 16.3 Å². The molecular weight excluding hydrogens is 435 g/mol. The molecular formula is C28H25ClO2P+. The Hall–Kier alpha value is -2.93. The highest BCUT2D eigenvalue weighted by Gasteiger charge is 2.45. The van der Waals surface area contributed by atoms with Crippen molar-refractivity contribution in [3.8, 4) is 0 Å². The molecule has 0 bridgehead atoms. The summed E-state index contributed by atoms with van der Waals surface area (Å²) in [5, 5.41) is 4.35. The predicted octanol–water partition coefficient (Wildman–Crippen LogP) is 6.01. The Morgan fingerprint density at radius 2 is 1.22 bits per heavy atom. The molecule has 0 aliphatic heterocycles. The zero-order valence-electron chi connectivity index (χ0n) is 17.9. The Kier molecular flexibility index (Phi) is 7.05. The van der Waals surface area contributed by atoms with Gasteiger partial charge in [-0.15, -0.1) is 0 Å². The molecule has 32 heavy (non-hydrogen) atoms. The van der Waals surface area contributed by atoms with Crippen molar-refractivity contribution in [2.75, 3.05) is 6.61 Å². The fourth-order valence-corrected chi connectivity index (χ4v) is 8.58. The van der Waals surface area contributed by atoms with Gasteiger partial charge in [0.15, 0.2) is 0 Å². The number of rotatable bonds is 7. The molecule has 0 saturated carbocycles. The highest BCUT2D eigenvalue weighted by atomic mass is 35.5. The first kappa shape index (κ1) is 22.3. The molecule has 4 aromatic carbocycles. The van der Waals surface area contributed by atoms with Crippen LogP contribution in [0.3, 0.4) is 0 Å². The molecule has 0 radical (unpaired) electrons. The van der Waals surface area contributed by atoms with Crippen LogP contribution in [0.5, 0.6) is 0 Å². The van der Waals surface area contributed by atoms with Crippen molar-refractivity contribution < 1.29 is 9.53 Å². The van der Waals surface area contributed by atoms with Gasteiger partial charge in [0, 0.05) is 0 Å².